The highest BCUT2D eigenvalue weighted by Gasteiger charge is 2.23. The highest BCUT2D eigenvalue weighted by Crippen LogP contribution is 2.28. The number of nitrogens with one attached hydrogen (secondary N) is 1. The molecule has 0 saturated carbocycles. The van der Waals surface area contributed by atoms with Gasteiger partial charge in [-0.3, -0.25) is 14.6 Å². The molecule has 2 heterocycles. The number of thioether (sulfide) groups is 1. The first-order valence-corrected chi connectivity index (χ1v) is 10.3. The van der Waals surface area contributed by atoms with E-state index >= 15 is 0 Å². The molecular formula is C21H23N5O2S. The van der Waals surface area contributed by atoms with Crippen LogP contribution in [0.4, 0.5) is 5.69 Å². The molecule has 3 rings (SSSR count). The molecule has 29 heavy (non-hydrogen) atoms. The van der Waals surface area contributed by atoms with Crippen LogP contribution in [0.15, 0.2) is 53.9 Å². The highest BCUT2D eigenvalue weighted by atomic mass is 32.2. The number of anilines is 1. The summed E-state index contributed by atoms with van der Waals surface area (Å²) in [4.78, 5) is 28.5. The largest absolute Gasteiger partial charge is 0.325 e. The van der Waals surface area contributed by atoms with Crippen LogP contribution in [0.3, 0.4) is 0 Å². The van der Waals surface area contributed by atoms with Crippen LogP contribution in [0.25, 0.3) is 11.4 Å². The molecular weight excluding hydrogens is 386 g/mol. The number of rotatable bonds is 8. The minimum Gasteiger partial charge on any atom is -0.325 e. The van der Waals surface area contributed by atoms with E-state index in [9.17, 15) is 9.59 Å². The standard InChI is InChI=1S/C21H23N5O2S/c1-4-18(20(28)23-17-10-6-8-15(12-17)14(3)27)29-21-25-24-19(26(21)5-2)16-9-7-11-22-13-16/h6-13,18H,4-5H2,1-3H3,(H,23,28). The smallest absolute Gasteiger partial charge is 0.237 e. The Hall–Kier alpha value is -3.00. The van der Waals surface area contributed by atoms with Crippen molar-refractivity contribution in [3.05, 3.63) is 54.4 Å². The van der Waals surface area contributed by atoms with Crippen molar-refractivity contribution in [2.45, 2.75) is 44.1 Å². The van der Waals surface area contributed by atoms with E-state index in [0.29, 0.717) is 29.4 Å². The number of carbonyl (C=O) groups is 2. The number of nitrogens with zero attached hydrogens (tertiary/aromatic N) is 4. The van der Waals surface area contributed by atoms with Crippen molar-refractivity contribution in [1.82, 2.24) is 19.7 Å². The summed E-state index contributed by atoms with van der Waals surface area (Å²) in [5, 5.41) is 11.9. The number of pyridine rings is 1. The van der Waals surface area contributed by atoms with Gasteiger partial charge in [-0.2, -0.15) is 0 Å². The molecule has 0 aliphatic heterocycles. The van der Waals surface area contributed by atoms with Gasteiger partial charge in [0.15, 0.2) is 16.8 Å². The van der Waals surface area contributed by atoms with Gasteiger partial charge in [0.05, 0.1) is 5.25 Å². The van der Waals surface area contributed by atoms with Gasteiger partial charge in [0, 0.05) is 35.8 Å². The van der Waals surface area contributed by atoms with Crippen LogP contribution in [-0.4, -0.2) is 36.7 Å². The van der Waals surface area contributed by atoms with Gasteiger partial charge >= 0.3 is 0 Å². The second-order valence-corrected chi connectivity index (χ2v) is 7.60. The number of benzene rings is 1. The Bertz CT molecular complexity index is 1000. The van der Waals surface area contributed by atoms with Gasteiger partial charge in [-0.15, -0.1) is 10.2 Å². The Kier molecular flexibility index (Phi) is 6.77. The minimum absolute atomic E-state index is 0.0403. The van der Waals surface area contributed by atoms with E-state index in [4.69, 9.17) is 0 Å². The summed E-state index contributed by atoms with van der Waals surface area (Å²) < 4.78 is 1.98. The molecule has 0 saturated heterocycles. The molecule has 2 aromatic heterocycles. The summed E-state index contributed by atoms with van der Waals surface area (Å²) in [7, 11) is 0. The zero-order valence-corrected chi connectivity index (χ0v) is 17.4. The fourth-order valence-corrected chi connectivity index (χ4v) is 3.88. The summed E-state index contributed by atoms with van der Waals surface area (Å²) in [6.45, 7) is 6.15. The Morgan fingerprint density at radius 3 is 2.66 bits per heavy atom. The Morgan fingerprint density at radius 2 is 2.00 bits per heavy atom. The number of hydrogen-bond donors (Lipinski definition) is 1. The van der Waals surface area contributed by atoms with E-state index in [1.807, 2.05) is 30.5 Å². The lowest BCUT2D eigenvalue weighted by molar-refractivity contribution is -0.115. The van der Waals surface area contributed by atoms with Crippen LogP contribution in [0.2, 0.25) is 0 Å². The van der Waals surface area contributed by atoms with Crippen molar-refractivity contribution in [3.8, 4) is 11.4 Å². The van der Waals surface area contributed by atoms with E-state index in [1.54, 1.807) is 36.7 Å². The molecule has 1 aromatic carbocycles. The predicted octanol–water partition coefficient (Wildman–Crippen LogP) is 4.07. The highest BCUT2D eigenvalue weighted by molar-refractivity contribution is 8.00. The zero-order valence-electron chi connectivity index (χ0n) is 16.6. The van der Waals surface area contributed by atoms with Crippen molar-refractivity contribution in [2.24, 2.45) is 0 Å². The molecule has 0 aliphatic carbocycles. The zero-order chi connectivity index (χ0) is 20.8. The third-order valence-corrected chi connectivity index (χ3v) is 5.75. The van der Waals surface area contributed by atoms with Gasteiger partial charge in [0.1, 0.15) is 0 Å². The number of carbonyl (C=O) groups excluding carboxylic acids is 2. The van der Waals surface area contributed by atoms with Gasteiger partial charge < -0.3 is 9.88 Å². The molecule has 0 aliphatic rings. The molecule has 1 atom stereocenters. The second kappa shape index (κ2) is 9.47. The van der Waals surface area contributed by atoms with Crippen LogP contribution >= 0.6 is 11.8 Å². The maximum atomic E-state index is 12.8. The van der Waals surface area contributed by atoms with E-state index in [0.717, 1.165) is 11.4 Å². The summed E-state index contributed by atoms with van der Waals surface area (Å²) in [6, 6.07) is 10.7. The van der Waals surface area contributed by atoms with Gasteiger partial charge in [0.2, 0.25) is 5.91 Å². The number of amides is 1. The summed E-state index contributed by atoms with van der Waals surface area (Å²) in [6.07, 6.45) is 4.09. The molecule has 0 bridgehead atoms. The fraction of sp³-hybridized carbons (Fsp3) is 0.286. The van der Waals surface area contributed by atoms with Crippen molar-refractivity contribution >= 4 is 29.1 Å². The van der Waals surface area contributed by atoms with Crippen molar-refractivity contribution in [2.75, 3.05) is 5.32 Å². The molecule has 150 valence electrons. The third-order valence-electron chi connectivity index (χ3n) is 4.40. The Labute approximate surface area is 174 Å². The van der Waals surface area contributed by atoms with E-state index < -0.39 is 0 Å². The van der Waals surface area contributed by atoms with Crippen LogP contribution < -0.4 is 5.32 Å². The summed E-state index contributed by atoms with van der Waals surface area (Å²) in [5.74, 6) is 0.556. The van der Waals surface area contributed by atoms with Crippen molar-refractivity contribution < 1.29 is 9.59 Å². The summed E-state index contributed by atoms with van der Waals surface area (Å²) >= 11 is 1.38. The molecule has 1 N–H and O–H groups in total. The van der Waals surface area contributed by atoms with Gasteiger partial charge in [-0.05, 0) is 44.5 Å². The summed E-state index contributed by atoms with van der Waals surface area (Å²) in [5.41, 5.74) is 2.05. The number of aromatic nitrogens is 4. The Morgan fingerprint density at radius 1 is 1.17 bits per heavy atom. The first kappa shape index (κ1) is 20.7. The predicted molar refractivity (Wildman–Crippen MR) is 114 cm³/mol. The molecule has 1 amide bonds. The number of Topliss-reactive ketones (excluding diaryl/α,β-unsaturated/α-hetero) is 1. The van der Waals surface area contributed by atoms with E-state index in [-0.39, 0.29) is 16.9 Å². The van der Waals surface area contributed by atoms with Gasteiger partial charge in [-0.1, -0.05) is 30.8 Å². The lowest BCUT2D eigenvalue weighted by atomic mass is 10.1. The van der Waals surface area contributed by atoms with Crippen LogP contribution in [0.1, 0.15) is 37.6 Å². The quantitative estimate of drug-likeness (QED) is 0.445. The van der Waals surface area contributed by atoms with Crippen LogP contribution in [0, 0.1) is 0 Å². The van der Waals surface area contributed by atoms with Gasteiger partial charge in [-0.25, -0.2) is 0 Å². The fourth-order valence-electron chi connectivity index (χ4n) is 2.86. The molecule has 1 unspecified atom stereocenters. The minimum atomic E-state index is -0.341. The van der Waals surface area contributed by atoms with Crippen molar-refractivity contribution in [3.63, 3.8) is 0 Å². The first-order chi connectivity index (χ1) is 14.0. The van der Waals surface area contributed by atoms with E-state index in [2.05, 4.69) is 20.5 Å². The van der Waals surface area contributed by atoms with Crippen molar-refractivity contribution in [1.29, 1.82) is 0 Å². The van der Waals surface area contributed by atoms with Crippen LogP contribution in [0.5, 0.6) is 0 Å². The third kappa shape index (κ3) is 4.89. The maximum Gasteiger partial charge on any atom is 0.237 e. The molecule has 0 spiro atoms. The molecule has 0 fully saturated rings. The molecule has 7 nitrogen and oxygen atoms in total. The van der Waals surface area contributed by atoms with Crippen LogP contribution in [-0.2, 0) is 11.3 Å². The topological polar surface area (TPSA) is 89.8 Å². The molecule has 0 radical (unpaired) electrons. The lowest BCUT2D eigenvalue weighted by Crippen LogP contribution is -2.25. The first-order valence-electron chi connectivity index (χ1n) is 9.45. The number of hydrogen-bond acceptors (Lipinski definition) is 6. The molecule has 3 aromatic rings. The Balaban J connectivity index is 1.78. The second-order valence-electron chi connectivity index (χ2n) is 6.43. The number of ketones is 1. The average Bonchev–Trinajstić information content (AvgIpc) is 3.15. The average molecular weight is 410 g/mol. The maximum absolute atomic E-state index is 12.8. The van der Waals surface area contributed by atoms with Gasteiger partial charge in [0.25, 0.3) is 0 Å². The lowest BCUT2D eigenvalue weighted by Gasteiger charge is -2.15. The van der Waals surface area contributed by atoms with E-state index in [1.165, 1.54) is 18.7 Å². The SMILES string of the molecule is CCC(Sc1nnc(-c2cccnc2)n1CC)C(=O)Nc1cccc(C(C)=O)c1. The molecule has 8 heteroatoms. The normalized spacial score (nSPS) is 11.8. The monoisotopic (exact) mass is 409 g/mol.